The molecule has 3 aromatic rings. The van der Waals surface area contributed by atoms with Gasteiger partial charge < -0.3 is 5.32 Å². The maximum Gasteiger partial charge on any atom is 0.193 e. The molecular weight excluding hydrogens is 324 g/mol. The van der Waals surface area contributed by atoms with E-state index < -0.39 is 0 Å². The van der Waals surface area contributed by atoms with E-state index in [1.165, 1.54) is 0 Å². The Balaban J connectivity index is 1.87. The van der Waals surface area contributed by atoms with E-state index in [0.29, 0.717) is 0 Å². The van der Waals surface area contributed by atoms with Crippen molar-refractivity contribution in [3.05, 3.63) is 52.0 Å². The Labute approximate surface area is 123 Å². The van der Waals surface area contributed by atoms with Crippen LogP contribution in [-0.4, -0.2) is 21.4 Å². The molecule has 1 unspecified atom stereocenters. The lowest BCUT2D eigenvalue weighted by Crippen LogP contribution is -2.20. The van der Waals surface area contributed by atoms with Gasteiger partial charge >= 0.3 is 0 Å². The first kappa shape index (κ1) is 12.8. The molecule has 3 rings (SSSR count). The molecule has 0 saturated carbocycles. The number of thiazole rings is 1. The molecular formula is C13H13BrN4S. The monoisotopic (exact) mass is 336 g/mol. The molecule has 0 amide bonds. The van der Waals surface area contributed by atoms with Crippen molar-refractivity contribution >= 4 is 32.2 Å². The van der Waals surface area contributed by atoms with Crippen molar-refractivity contribution in [3.8, 4) is 0 Å². The van der Waals surface area contributed by atoms with Crippen LogP contribution in [0.25, 0.3) is 4.96 Å². The molecule has 0 aromatic carbocycles. The standard InChI is InChI=1S/C13H13BrN4S/c1-15-11(12-10(14)3-2-4-16-12)7-9-8-18-5-6-19-13(18)17-9/h2-6,8,11,15H,7H2,1H3. The Kier molecular flexibility index (Phi) is 3.63. The Hall–Kier alpha value is -1.24. The second-order valence-electron chi connectivity index (χ2n) is 4.24. The van der Waals surface area contributed by atoms with Crippen LogP contribution < -0.4 is 5.32 Å². The van der Waals surface area contributed by atoms with E-state index in [-0.39, 0.29) is 6.04 Å². The molecule has 0 fully saturated rings. The Morgan fingerprint density at radius 2 is 2.42 bits per heavy atom. The molecule has 3 heterocycles. The fourth-order valence-corrected chi connectivity index (χ4v) is 3.32. The third kappa shape index (κ3) is 2.56. The molecule has 1 N–H and O–H groups in total. The topological polar surface area (TPSA) is 42.2 Å². The summed E-state index contributed by atoms with van der Waals surface area (Å²) in [7, 11) is 1.95. The minimum absolute atomic E-state index is 0.153. The van der Waals surface area contributed by atoms with Crippen LogP contribution in [0.4, 0.5) is 0 Å². The number of fused-ring (bicyclic) bond motifs is 1. The van der Waals surface area contributed by atoms with Gasteiger partial charge in [-0.05, 0) is 35.1 Å². The zero-order chi connectivity index (χ0) is 13.2. The molecule has 0 bridgehead atoms. The molecule has 3 aromatic heterocycles. The molecule has 19 heavy (non-hydrogen) atoms. The number of aromatic nitrogens is 3. The van der Waals surface area contributed by atoms with Crippen LogP contribution in [0, 0.1) is 0 Å². The maximum absolute atomic E-state index is 4.61. The number of imidazole rings is 1. The molecule has 6 heteroatoms. The van der Waals surface area contributed by atoms with Crippen molar-refractivity contribution in [3.63, 3.8) is 0 Å². The highest BCUT2D eigenvalue weighted by Gasteiger charge is 2.16. The second-order valence-corrected chi connectivity index (χ2v) is 5.97. The number of halogens is 1. The van der Waals surface area contributed by atoms with Crippen LogP contribution in [0.1, 0.15) is 17.4 Å². The van der Waals surface area contributed by atoms with E-state index in [9.17, 15) is 0 Å². The smallest absolute Gasteiger partial charge is 0.193 e. The van der Waals surface area contributed by atoms with E-state index >= 15 is 0 Å². The van der Waals surface area contributed by atoms with Crippen LogP contribution in [0.15, 0.2) is 40.6 Å². The summed E-state index contributed by atoms with van der Waals surface area (Å²) in [6.07, 6.45) is 6.74. The van der Waals surface area contributed by atoms with Crippen LogP contribution >= 0.6 is 27.3 Å². The number of nitrogens with one attached hydrogen (secondary N) is 1. The lowest BCUT2D eigenvalue weighted by Gasteiger charge is -2.15. The molecule has 1 atom stereocenters. The van der Waals surface area contributed by atoms with Gasteiger partial charge in [-0.15, -0.1) is 11.3 Å². The third-order valence-electron chi connectivity index (χ3n) is 3.02. The van der Waals surface area contributed by atoms with Gasteiger partial charge in [-0.25, -0.2) is 4.98 Å². The molecule has 0 saturated heterocycles. The number of pyridine rings is 1. The minimum atomic E-state index is 0.153. The van der Waals surface area contributed by atoms with Gasteiger partial charge in [0, 0.05) is 34.9 Å². The summed E-state index contributed by atoms with van der Waals surface area (Å²) in [5.41, 5.74) is 2.09. The van der Waals surface area contributed by atoms with Crippen molar-refractivity contribution in [1.82, 2.24) is 19.7 Å². The molecule has 0 aliphatic carbocycles. The van der Waals surface area contributed by atoms with Gasteiger partial charge in [0.25, 0.3) is 0 Å². The molecule has 0 aliphatic heterocycles. The van der Waals surface area contributed by atoms with E-state index in [2.05, 4.69) is 41.8 Å². The van der Waals surface area contributed by atoms with Gasteiger partial charge in [0.15, 0.2) is 4.96 Å². The first-order valence-electron chi connectivity index (χ1n) is 5.96. The summed E-state index contributed by atoms with van der Waals surface area (Å²) in [4.78, 5) is 10.1. The number of hydrogen-bond acceptors (Lipinski definition) is 4. The quantitative estimate of drug-likeness (QED) is 0.796. The highest BCUT2D eigenvalue weighted by Crippen LogP contribution is 2.24. The Morgan fingerprint density at radius 1 is 1.53 bits per heavy atom. The molecule has 0 radical (unpaired) electrons. The van der Waals surface area contributed by atoms with Crippen LogP contribution in [0.2, 0.25) is 0 Å². The fourth-order valence-electron chi connectivity index (χ4n) is 2.07. The van der Waals surface area contributed by atoms with E-state index in [0.717, 1.165) is 27.2 Å². The summed E-state index contributed by atoms with van der Waals surface area (Å²) in [5, 5.41) is 5.34. The lowest BCUT2D eigenvalue weighted by molar-refractivity contribution is 0.568. The molecule has 4 nitrogen and oxygen atoms in total. The third-order valence-corrected chi connectivity index (χ3v) is 4.46. The predicted molar refractivity (Wildman–Crippen MR) is 80.5 cm³/mol. The number of rotatable bonds is 4. The van der Waals surface area contributed by atoms with Crippen molar-refractivity contribution in [2.45, 2.75) is 12.5 Å². The van der Waals surface area contributed by atoms with E-state index in [1.807, 2.05) is 37.0 Å². The van der Waals surface area contributed by atoms with Gasteiger partial charge in [-0.3, -0.25) is 9.38 Å². The summed E-state index contributed by atoms with van der Waals surface area (Å²) in [6.45, 7) is 0. The SMILES string of the molecule is CNC(Cc1cn2ccsc2n1)c1ncccc1Br. The number of nitrogens with zero attached hydrogens (tertiary/aromatic N) is 3. The van der Waals surface area contributed by atoms with Gasteiger partial charge in [0.1, 0.15) is 0 Å². The largest absolute Gasteiger partial charge is 0.311 e. The normalized spacial score (nSPS) is 12.9. The minimum Gasteiger partial charge on any atom is -0.311 e. The van der Waals surface area contributed by atoms with Crippen molar-refractivity contribution < 1.29 is 0 Å². The van der Waals surface area contributed by atoms with Gasteiger partial charge in [0.2, 0.25) is 0 Å². The van der Waals surface area contributed by atoms with E-state index in [1.54, 1.807) is 11.3 Å². The van der Waals surface area contributed by atoms with Crippen LogP contribution in [0.5, 0.6) is 0 Å². The predicted octanol–water partition coefficient (Wildman–Crippen LogP) is 3.06. The van der Waals surface area contributed by atoms with Crippen molar-refractivity contribution in [1.29, 1.82) is 0 Å². The van der Waals surface area contributed by atoms with Gasteiger partial charge in [-0.1, -0.05) is 0 Å². The van der Waals surface area contributed by atoms with Crippen molar-refractivity contribution in [2.24, 2.45) is 0 Å². The van der Waals surface area contributed by atoms with Crippen LogP contribution in [0.3, 0.4) is 0 Å². The van der Waals surface area contributed by atoms with E-state index in [4.69, 9.17) is 0 Å². The number of hydrogen-bond donors (Lipinski definition) is 1. The van der Waals surface area contributed by atoms with Crippen LogP contribution in [-0.2, 0) is 6.42 Å². The zero-order valence-electron chi connectivity index (χ0n) is 10.4. The van der Waals surface area contributed by atoms with Crippen molar-refractivity contribution in [2.75, 3.05) is 7.05 Å². The summed E-state index contributed by atoms with van der Waals surface area (Å²) in [6, 6.07) is 4.09. The summed E-state index contributed by atoms with van der Waals surface area (Å²) >= 11 is 5.20. The fraction of sp³-hybridized carbons (Fsp3) is 0.231. The zero-order valence-corrected chi connectivity index (χ0v) is 12.8. The molecule has 0 spiro atoms. The highest BCUT2D eigenvalue weighted by molar-refractivity contribution is 9.10. The second kappa shape index (κ2) is 5.40. The summed E-state index contributed by atoms with van der Waals surface area (Å²) in [5.74, 6) is 0. The summed E-state index contributed by atoms with van der Waals surface area (Å²) < 4.78 is 3.08. The number of likely N-dealkylation sites (N-methyl/N-ethyl adjacent to an activating group) is 1. The average molecular weight is 337 g/mol. The highest BCUT2D eigenvalue weighted by atomic mass is 79.9. The average Bonchev–Trinajstić information content (AvgIpc) is 2.97. The first-order valence-corrected chi connectivity index (χ1v) is 7.64. The van der Waals surface area contributed by atoms with Gasteiger partial charge in [-0.2, -0.15) is 0 Å². The maximum atomic E-state index is 4.61. The lowest BCUT2D eigenvalue weighted by atomic mass is 10.1. The molecule has 0 aliphatic rings. The first-order chi connectivity index (χ1) is 9.28. The Morgan fingerprint density at radius 3 is 3.16 bits per heavy atom. The van der Waals surface area contributed by atoms with Gasteiger partial charge in [0.05, 0.1) is 17.4 Å². The molecule has 98 valence electrons. The Bertz CT molecular complexity index is 662.